The molecule has 0 heterocycles. The number of quaternary nitrogens is 2. The average molecular weight is 1190 g/mol. The molecule has 0 aromatic carbocycles. The van der Waals surface area contributed by atoms with Crippen molar-refractivity contribution in [1.29, 1.82) is 0 Å². The molecule has 0 amide bonds. The summed E-state index contributed by atoms with van der Waals surface area (Å²) in [5, 5.41) is 0. The monoisotopic (exact) mass is 1190 g/mol. The summed E-state index contributed by atoms with van der Waals surface area (Å²) in [6.07, 6.45) is 57.3. The molecule has 9 unspecified atom stereocenters. The first-order valence-electron chi connectivity index (χ1n) is 33.9. The molecule has 8 aliphatic rings. The van der Waals surface area contributed by atoms with E-state index in [9.17, 15) is 4.79 Å². The number of rotatable bonds is 9. The SMILES string of the molecule is C1=CCCC=C1.C=C(C)C(=C)C.C=C/C=C/C.C=CC(=C)C.C=CC(=O)OCC[N+](C)(C)C.CC.CC(C)(C)CC[N+](C)(C)C.CC1=C(C)CC(C)CC1.CC1C=CCC(C)C1.CC1C=CCCC1C.CC1CC2C=CC1CC2.CC1CC=CCC1. The molecule has 8 aliphatic carbocycles. The molecule has 0 aliphatic heterocycles. The number of allylic oxidation sites excluding steroid dienone is 21. The van der Waals surface area contributed by atoms with E-state index in [0.29, 0.717) is 12.0 Å². The molecule has 0 saturated heterocycles. The van der Waals surface area contributed by atoms with Gasteiger partial charge in [0.1, 0.15) is 13.2 Å². The molecular weight excluding hydrogens is 1040 g/mol. The highest BCUT2D eigenvalue weighted by Gasteiger charge is 2.28. The number of esters is 1. The Kier molecular flexibility index (Phi) is 58.9. The van der Waals surface area contributed by atoms with Crippen LogP contribution in [0.5, 0.6) is 0 Å². The van der Waals surface area contributed by atoms with E-state index >= 15 is 0 Å². The number of hydrogen-bond donors (Lipinski definition) is 0. The van der Waals surface area contributed by atoms with Gasteiger partial charge in [-0.2, -0.15) is 0 Å². The number of nitrogens with zero attached hydrogens (tertiary/aromatic N) is 2. The lowest BCUT2D eigenvalue weighted by Crippen LogP contribution is -2.37. The summed E-state index contributed by atoms with van der Waals surface area (Å²) >= 11 is 0. The Morgan fingerprint density at radius 3 is 1.38 bits per heavy atom. The van der Waals surface area contributed by atoms with Gasteiger partial charge in [-0.1, -0.05) is 248 Å². The third-order valence-corrected chi connectivity index (χ3v) is 15.7. The number of hydrogen-bond acceptors (Lipinski definition) is 2. The molecule has 9 atom stereocenters. The van der Waals surface area contributed by atoms with Crippen LogP contribution in [0, 0.1) is 58.7 Å². The van der Waals surface area contributed by atoms with E-state index in [1.807, 2.05) is 74.8 Å². The highest BCUT2D eigenvalue weighted by Crippen LogP contribution is 2.39. The lowest BCUT2D eigenvalue weighted by Gasteiger charge is -2.35. The van der Waals surface area contributed by atoms with Gasteiger partial charge in [-0.15, -0.1) is 0 Å². The van der Waals surface area contributed by atoms with Gasteiger partial charge in [-0.25, -0.2) is 4.79 Å². The molecule has 0 radical (unpaired) electrons. The average Bonchev–Trinajstić information content (AvgIpc) is 3.46. The molecule has 0 aromatic rings. The van der Waals surface area contributed by atoms with Crippen molar-refractivity contribution < 1.29 is 18.5 Å². The number of fused-ring (bicyclic) bond motifs is 2. The van der Waals surface area contributed by atoms with Crippen molar-refractivity contribution in [3.05, 3.63) is 171 Å². The maximum atomic E-state index is 10.6. The van der Waals surface area contributed by atoms with Crippen LogP contribution in [0.2, 0.25) is 0 Å². The zero-order valence-electron chi connectivity index (χ0n) is 61.9. The summed E-state index contributed by atoms with van der Waals surface area (Å²) in [5.41, 5.74) is 6.91. The fourth-order valence-corrected chi connectivity index (χ4v) is 8.95. The van der Waals surface area contributed by atoms with Gasteiger partial charge < -0.3 is 13.7 Å². The standard InChI is InChI=1S/C9H22N.C9H14.C9H16.C8H16NO2.2C8H14.C7H12.C6H8.C6H10.2C5H8.C2H6/c1-9(2,3)7-8-10(4,5)6;1-7-6-8-2-4-9(7)5-3-8;1-7-4-5-8(2)9(3)6-7;1-5-8(10)11-7-6-9(2,3)4;1-7-4-3-5-8(2)6-7;1-7-5-3-4-6-8(7)2;1-7-5-3-2-4-6-7;1-2-4-6-5-3-1;1-5(2)6(3)4;1-4-5(2)3;1-3-5-4-2;1-2/h7-8H2,1-6H3;2,4,7-9H,3,5-6H2,1H3;7H,4-6H2,1-3H3;5H,1,6-7H2,2-4H3;3-4,7-8H,5-6H2,1-2H3;3,5,7-8H,4,6H2,1-2H3;2-3,7H,4-6H2,1H3;1-4H,5-6H2;1,3H2,2,4H3;4H,1-2H2,3H3;3-5H,1H2,2H3;1-2H3/q+1;;;+1;;;;;;;;/b;;;;;;;;;;5-4+;. The van der Waals surface area contributed by atoms with Gasteiger partial charge in [0.2, 0.25) is 0 Å². The van der Waals surface area contributed by atoms with E-state index in [2.05, 4.69) is 217 Å². The molecule has 0 spiro atoms. The van der Waals surface area contributed by atoms with Crippen LogP contribution in [-0.2, 0) is 9.53 Å². The third-order valence-electron chi connectivity index (χ3n) is 15.7. The smallest absolute Gasteiger partial charge is 0.330 e. The summed E-state index contributed by atoms with van der Waals surface area (Å²) in [4.78, 5) is 10.6. The largest absolute Gasteiger partial charge is 0.457 e. The molecule has 0 aromatic heterocycles. The van der Waals surface area contributed by atoms with Crippen LogP contribution in [0.15, 0.2) is 171 Å². The first-order chi connectivity index (χ1) is 40.0. The normalized spacial score (nSPS) is 23.4. The van der Waals surface area contributed by atoms with Crippen molar-refractivity contribution in [1.82, 2.24) is 0 Å². The van der Waals surface area contributed by atoms with Crippen LogP contribution >= 0.6 is 0 Å². The van der Waals surface area contributed by atoms with Crippen molar-refractivity contribution in [2.45, 2.75) is 227 Å². The van der Waals surface area contributed by atoms with Crippen molar-refractivity contribution in [2.75, 3.05) is 62.0 Å². The second-order valence-electron chi connectivity index (χ2n) is 28.7. The van der Waals surface area contributed by atoms with Gasteiger partial charge in [0, 0.05) is 12.5 Å². The Morgan fingerprint density at radius 1 is 0.605 bits per heavy atom. The molecule has 8 rings (SSSR count). The minimum atomic E-state index is -0.349. The topological polar surface area (TPSA) is 26.3 Å². The molecule has 4 heteroatoms. The first-order valence-corrected chi connectivity index (χ1v) is 33.9. The highest BCUT2D eigenvalue weighted by atomic mass is 16.5. The van der Waals surface area contributed by atoms with E-state index in [-0.39, 0.29) is 5.97 Å². The Morgan fingerprint density at radius 2 is 1.15 bits per heavy atom. The number of ether oxygens (including phenoxy) is 1. The van der Waals surface area contributed by atoms with E-state index in [1.54, 1.807) is 23.3 Å². The van der Waals surface area contributed by atoms with Crippen molar-refractivity contribution in [3.63, 3.8) is 0 Å². The molecule has 1 fully saturated rings. The van der Waals surface area contributed by atoms with Gasteiger partial charge in [-0.3, -0.25) is 0 Å². The van der Waals surface area contributed by atoms with Gasteiger partial charge in [-0.05, 0) is 197 Å². The number of carbonyl (C=O) groups is 1. The van der Waals surface area contributed by atoms with Crippen molar-refractivity contribution in [3.8, 4) is 0 Å². The molecule has 4 nitrogen and oxygen atoms in total. The van der Waals surface area contributed by atoms with Crippen molar-refractivity contribution >= 4 is 5.97 Å². The zero-order chi connectivity index (χ0) is 67.3. The second-order valence-corrected chi connectivity index (χ2v) is 28.7. The maximum Gasteiger partial charge on any atom is 0.330 e. The van der Waals surface area contributed by atoms with E-state index in [4.69, 9.17) is 4.74 Å². The van der Waals surface area contributed by atoms with Crippen LogP contribution in [0.3, 0.4) is 0 Å². The maximum absolute atomic E-state index is 10.6. The van der Waals surface area contributed by atoms with Gasteiger partial charge in [0.15, 0.2) is 0 Å². The number of likely N-dealkylation sites (N-methyl/N-ethyl adjacent to an activating group) is 1. The molecule has 1 saturated carbocycles. The van der Waals surface area contributed by atoms with Crippen LogP contribution in [-0.4, -0.2) is 76.9 Å². The fourth-order valence-electron chi connectivity index (χ4n) is 8.95. The lowest BCUT2D eigenvalue weighted by molar-refractivity contribution is -0.871. The van der Waals surface area contributed by atoms with Gasteiger partial charge in [0.25, 0.3) is 0 Å². The summed E-state index contributed by atoms with van der Waals surface area (Å²) in [7, 11) is 12.9. The van der Waals surface area contributed by atoms with Crippen LogP contribution in [0.25, 0.3) is 0 Å². The summed E-state index contributed by atoms with van der Waals surface area (Å²) in [6, 6.07) is 0. The Hall–Kier alpha value is -4.25. The number of carbonyl (C=O) groups excluding carboxylic acids is 1. The quantitative estimate of drug-likeness (QED) is 0.0756. The molecule has 86 heavy (non-hydrogen) atoms. The molecule has 2 bridgehead atoms. The molecule has 0 N–H and O–H groups in total. The summed E-state index contributed by atoms with van der Waals surface area (Å²) in [6.45, 7) is 63.1. The van der Waals surface area contributed by atoms with Crippen LogP contribution < -0.4 is 0 Å². The Bertz CT molecular complexity index is 1970. The van der Waals surface area contributed by atoms with E-state index in [0.717, 1.165) is 85.5 Å². The van der Waals surface area contributed by atoms with Crippen molar-refractivity contribution in [2.24, 2.45) is 58.7 Å². The van der Waals surface area contributed by atoms with Crippen LogP contribution in [0.1, 0.15) is 227 Å². The summed E-state index contributed by atoms with van der Waals surface area (Å²) < 4.78 is 6.67. The Balaban J connectivity index is -0.000000281. The van der Waals surface area contributed by atoms with E-state index < -0.39 is 0 Å². The fraction of sp³-hybridized carbons (Fsp3) is 0.646. The van der Waals surface area contributed by atoms with E-state index in [1.165, 1.54) is 115 Å². The Labute approximate surface area is 540 Å². The van der Waals surface area contributed by atoms with Crippen LogP contribution in [0.4, 0.5) is 0 Å². The molecular formula is C82H148N2O2+2. The predicted molar refractivity (Wildman–Crippen MR) is 396 cm³/mol. The van der Waals surface area contributed by atoms with Gasteiger partial charge in [0.05, 0.1) is 48.8 Å². The second kappa shape index (κ2) is 56.0. The third kappa shape index (κ3) is 67.3. The minimum Gasteiger partial charge on any atom is -0.457 e. The lowest BCUT2D eigenvalue weighted by atomic mass is 9.70. The highest BCUT2D eigenvalue weighted by molar-refractivity contribution is 5.81. The summed E-state index contributed by atoms with van der Waals surface area (Å²) in [5.74, 6) is 7.91. The zero-order valence-corrected chi connectivity index (χ0v) is 61.9. The predicted octanol–water partition coefficient (Wildman–Crippen LogP) is 24.4. The first kappa shape index (κ1) is 90.5. The minimum absolute atomic E-state index is 0.349. The molecule has 496 valence electrons. The van der Waals surface area contributed by atoms with Gasteiger partial charge >= 0.3 is 5.97 Å².